The van der Waals surface area contributed by atoms with Crippen LogP contribution in [0.15, 0.2) is 23.3 Å². The molecule has 2 unspecified atom stereocenters. The Morgan fingerprint density at radius 2 is 1.63 bits per heavy atom. The summed E-state index contributed by atoms with van der Waals surface area (Å²) in [7, 11) is 3.21. The predicted molar refractivity (Wildman–Crippen MR) is 203 cm³/mol. The van der Waals surface area contributed by atoms with Crippen LogP contribution >= 0.6 is 0 Å². The lowest BCUT2D eigenvalue weighted by molar-refractivity contribution is -0.321. The van der Waals surface area contributed by atoms with E-state index in [1.54, 1.807) is 21.1 Å². The first-order chi connectivity index (χ1) is 25.5. The second kappa shape index (κ2) is 19.8. The molecule has 0 radical (unpaired) electrons. The normalized spacial score (nSPS) is 42.6. The molecule has 12 nitrogen and oxygen atoms in total. The Hall–Kier alpha value is -2.19. The summed E-state index contributed by atoms with van der Waals surface area (Å²) < 4.78 is 24.6. The standard InChI is InChI=1S/C42H69NO11/c1-9-30-17-24(2)16-25(3)18-36(51-7)40-37(52-8)20-27(5)42(50,54-40)23-38(48)43-15-11-10-12-31(43)41(49)53-39(28(6)33(45)22-34(30)46)26(4)19-29-13-14-32(44)35(47)21-29/h17,19,25,27-33,35-37,39-40,44-45,47,50H,9-16,18,20-23H2,1-8H3/b24-17+,26-19+/t25-,27+,28+,29-,30+,31?,32?,33-,35+,36-,37-,39+,40+,42-/m0/s1. The zero-order valence-electron chi connectivity index (χ0n) is 33.9. The molecule has 2 bridgehead atoms. The number of fused-ring (bicyclic) bond motifs is 3. The number of ether oxygens (including phenoxy) is 4. The molecule has 0 aromatic rings. The summed E-state index contributed by atoms with van der Waals surface area (Å²) in [6.07, 6.45) is 3.73. The van der Waals surface area contributed by atoms with Crippen LogP contribution in [0.25, 0.3) is 0 Å². The number of rotatable bonds is 5. The van der Waals surface area contributed by atoms with Crippen LogP contribution in [-0.2, 0) is 33.3 Å². The molecule has 12 heteroatoms. The van der Waals surface area contributed by atoms with Crippen LogP contribution in [0.3, 0.4) is 0 Å². The van der Waals surface area contributed by atoms with Gasteiger partial charge in [0.1, 0.15) is 24.0 Å². The molecule has 0 spiro atoms. The first kappa shape index (κ1) is 44.5. The number of allylic oxidation sites excluding steroid dienone is 3. The van der Waals surface area contributed by atoms with Gasteiger partial charge >= 0.3 is 5.97 Å². The maximum absolute atomic E-state index is 14.2. The number of ketones is 1. The van der Waals surface area contributed by atoms with E-state index in [1.807, 2.05) is 39.8 Å². The second-order valence-corrected chi connectivity index (χ2v) is 17.0. The largest absolute Gasteiger partial charge is 0.456 e. The molecule has 0 aromatic carbocycles. The van der Waals surface area contributed by atoms with Gasteiger partial charge in [0, 0.05) is 44.9 Å². The van der Waals surface area contributed by atoms with Crippen molar-refractivity contribution in [2.75, 3.05) is 20.8 Å². The number of carbonyl (C=O) groups is 3. The number of carbonyl (C=O) groups excluding carboxylic acids is 3. The monoisotopic (exact) mass is 763 g/mol. The van der Waals surface area contributed by atoms with Crippen molar-refractivity contribution in [3.05, 3.63) is 23.3 Å². The lowest BCUT2D eigenvalue weighted by Gasteiger charge is -2.48. The van der Waals surface area contributed by atoms with Crippen molar-refractivity contribution in [3.63, 3.8) is 0 Å². The van der Waals surface area contributed by atoms with Gasteiger partial charge in [-0.1, -0.05) is 45.4 Å². The highest BCUT2D eigenvalue weighted by Crippen LogP contribution is 2.40. The summed E-state index contributed by atoms with van der Waals surface area (Å²) in [6, 6.07) is -0.913. The van der Waals surface area contributed by atoms with Crippen LogP contribution < -0.4 is 0 Å². The van der Waals surface area contributed by atoms with Crippen molar-refractivity contribution >= 4 is 17.7 Å². The van der Waals surface area contributed by atoms with Gasteiger partial charge in [0.15, 0.2) is 5.79 Å². The van der Waals surface area contributed by atoms with Gasteiger partial charge in [-0.3, -0.25) is 9.59 Å². The summed E-state index contributed by atoms with van der Waals surface area (Å²) in [6.45, 7) is 11.8. The molecular weight excluding hydrogens is 694 g/mol. The zero-order chi connectivity index (χ0) is 39.9. The third-order valence-electron chi connectivity index (χ3n) is 12.7. The van der Waals surface area contributed by atoms with Gasteiger partial charge in [0.05, 0.1) is 36.9 Å². The fraction of sp³-hybridized carbons (Fsp3) is 0.833. The summed E-state index contributed by atoms with van der Waals surface area (Å²) in [4.78, 5) is 43.6. The first-order valence-corrected chi connectivity index (χ1v) is 20.4. The molecule has 3 fully saturated rings. The lowest BCUT2D eigenvalue weighted by atomic mass is 9.81. The number of hydrogen-bond donors (Lipinski definition) is 4. The van der Waals surface area contributed by atoms with Gasteiger partial charge in [-0.2, -0.15) is 0 Å². The zero-order valence-corrected chi connectivity index (χ0v) is 33.9. The summed E-state index contributed by atoms with van der Waals surface area (Å²) in [5.74, 6) is -4.46. The topological polar surface area (TPSA) is 172 Å². The number of nitrogens with zero attached hydrogens (tertiary/aromatic N) is 1. The van der Waals surface area contributed by atoms with Crippen LogP contribution in [0.1, 0.15) is 119 Å². The minimum atomic E-state index is -1.83. The maximum Gasteiger partial charge on any atom is 0.329 e. The second-order valence-electron chi connectivity index (χ2n) is 17.0. The van der Waals surface area contributed by atoms with Crippen LogP contribution in [-0.4, -0.2) is 118 Å². The molecular formula is C42H69NO11. The van der Waals surface area contributed by atoms with Crippen LogP contribution in [0, 0.1) is 29.6 Å². The highest BCUT2D eigenvalue weighted by atomic mass is 16.7. The lowest BCUT2D eigenvalue weighted by Crippen LogP contribution is -2.59. The van der Waals surface area contributed by atoms with Gasteiger partial charge < -0.3 is 44.3 Å². The molecule has 0 aromatic heterocycles. The van der Waals surface area contributed by atoms with E-state index in [1.165, 1.54) is 4.90 Å². The Kier molecular flexibility index (Phi) is 16.3. The van der Waals surface area contributed by atoms with Crippen molar-refractivity contribution in [2.45, 2.75) is 173 Å². The number of hydrogen-bond acceptors (Lipinski definition) is 11. The van der Waals surface area contributed by atoms with Crippen molar-refractivity contribution in [2.24, 2.45) is 29.6 Å². The Labute approximate surface area is 322 Å². The predicted octanol–water partition coefficient (Wildman–Crippen LogP) is 4.64. The van der Waals surface area contributed by atoms with E-state index in [0.29, 0.717) is 76.3 Å². The smallest absolute Gasteiger partial charge is 0.329 e. The minimum Gasteiger partial charge on any atom is -0.456 e. The van der Waals surface area contributed by atoms with E-state index in [9.17, 15) is 34.8 Å². The minimum absolute atomic E-state index is 0.0802. The Balaban J connectivity index is 1.73. The number of methoxy groups -OCH3 is 2. The van der Waals surface area contributed by atoms with Gasteiger partial charge in [0.2, 0.25) is 5.91 Å². The van der Waals surface area contributed by atoms with Crippen molar-refractivity contribution in [1.29, 1.82) is 0 Å². The van der Waals surface area contributed by atoms with Crippen molar-refractivity contribution in [1.82, 2.24) is 4.90 Å². The van der Waals surface area contributed by atoms with E-state index in [0.717, 1.165) is 5.57 Å². The number of piperidine rings is 1. The average molecular weight is 764 g/mol. The van der Waals surface area contributed by atoms with Crippen molar-refractivity contribution in [3.8, 4) is 0 Å². The highest BCUT2D eigenvalue weighted by molar-refractivity contribution is 5.85. The van der Waals surface area contributed by atoms with Gasteiger partial charge in [0.25, 0.3) is 0 Å². The number of aliphatic hydroxyl groups excluding tert-OH is 3. The molecule has 4 N–H and O–H groups in total. The molecule has 54 heavy (non-hydrogen) atoms. The molecule has 4 rings (SSSR count). The Morgan fingerprint density at radius 1 is 0.944 bits per heavy atom. The molecule has 3 aliphatic heterocycles. The fourth-order valence-corrected chi connectivity index (χ4v) is 9.24. The molecule has 308 valence electrons. The summed E-state index contributed by atoms with van der Waals surface area (Å²) in [5.41, 5.74) is 1.71. The quantitative estimate of drug-likeness (QED) is 0.227. The fourth-order valence-electron chi connectivity index (χ4n) is 9.24. The van der Waals surface area contributed by atoms with E-state index < -0.39 is 78.1 Å². The van der Waals surface area contributed by atoms with Crippen LogP contribution in [0.4, 0.5) is 0 Å². The highest BCUT2D eigenvalue weighted by Gasteiger charge is 2.51. The SMILES string of the molecule is CC[C@@H]1/C=C(\C)C[C@H](C)C[C@H](OC)[C@H]2O[C@@](O)(CC(=O)N3CCCCC3C(=O)O[C@H](/C(C)=C/[C@@H]3CCC(O)[C@H](O)C3)[C@H](C)[C@@H](O)CC1=O)[C@H](C)C[C@@H]2OC. The average Bonchev–Trinajstić information content (AvgIpc) is 3.13. The molecule has 1 amide bonds. The molecule has 3 heterocycles. The summed E-state index contributed by atoms with van der Waals surface area (Å²) in [5, 5.41) is 44.1. The van der Waals surface area contributed by atoms with E-state index in [2.05, 4.69) is 6.92 Å². The number of esters is 1. The third kappa shape index (κ3) is 11.0. The molecule has 14 atom stereocenters. The summed E-state index contributed by atoms with van der Waals surface area (Å²) >= 11 is 0. The van der Waals surface area contributed by atoms with Gasteiger partial charge in [-0.05, 0) is 95.5 Å². The Bertz CT molecular complexity index is 1330. The number of aliphatic hydroxyl groups is 4. The molecule has 1 aliphatic carbocycles. The Morgan fingerprint density at radius 3 is 2.28 bits per heavy atom. The van der Waals surface area contributed by atoms with Gasteiger partial charge in [-0.15, -0.1) is 0 Å². The van der Waals surface area contributed by atoms with Crippen LogP contribution in [0.2, 0.25) is 0 Å². The van der Waals surface area contributed by atoms with E-state index in [-0.39, 0.29) is 36.6 Å². The molecule has 4 aliphatic rings. The maximum atomic E-state index is 14.2. The number of cyclic esters (lactones) is 1. The number of Topliss-reactive ketones (excluding diaryl/α,β-unsaturated/α-hetero) is 1. The number of amides is 1. The molecule has 2 saturated heterocycles. The third-order valence-corrected chi connectivity index (χ3v) is 12.7. The van der Waals surface area contributed by atoms with Crippen LogP contribution in [0.5, 0.6) is 0 Å². The van der Waals surface area contributed by atoms with Crippen molar-refractivity contribution < 1.29 is 53.8 Å². The van der Waals surface area contributed by atoms with E-state index >= 15 is 0 Å². The molecule has 1 saturated carbocycles. The van der Waals surface area contributed by atoms with E-state index in [4.69, 9.17) is 18.9 Å². The van der Waals surface area contributed by atoms with Gasteiger partial charge in [-0.25, -0.2) is 4.79 Å². The first-order valence-electron chi connectivity index (χ1n) is 20.4.